The summed E-state index contributed by atoms with van der Waals surface area (Å²) in [6, 6.07) is 5.41. The quantitative estimate of drug-likeness (QED) is 0.772. The first-order chi connectivity index (χ1) is 9.00. The summed E-state index contributed by atoms with van der Waals surface area (Å²) < 4.78 is 37.6. The second-order valence-corrected chi connectivity index (χ2v) is 5.34. The maximum atomic E-state index is 12.5. The van der Waals surface area contributed by atoms with E-state index in [1.165, 1.54) is 31.4 Å². The highest BCUT2D eigenvalue weighted by Crippen LogP contribution is 2.44. The van der Waals surface area contributed by atoms with Crippen LogP contribution in [-0.2, 0) is 6.18 Å². The summed E-state index contributed by atoms with van der Waals surface area (Å²) in [5.41, 5.74) is -0.0321. The molecular weight excluding hydrogens is 251 g/mol. The first-order valence-corrected chi connectivity index (χ1v) is 6.92. The molecule has 0 aliphatic heterocycles. The van der Waals surface area contributed by atoms with Crippen LogP contribution in [0.25, 0.3) is 0 Å². The molecule has 0 radical (unpaired) electrons. The van der Waals surface area contributed by atoms with Gasteiger partial charge in [-0.1, -0.05) is 25.8 Å². The van der Waals surface area contributed by atoms with Crippen LogP contribution in [0.2, 0.25) is 0 Å². The molecule has 0 spiro atoms. The number of halogens is 3. The summed E-state index contributed by atoms with van der Waals surface area (Å²) >= 11 is 0. The molecule has 1 fully saturated rings. The monoisotopic (exact) mass is 271 g/mol. The summed E-state index contributed by atoms with van der Waals surface area (Å²) in [4.78, 5) is 0. The van der Waals surface area contributed by atoms with Crippen molar-refractivity contribution in [1.82, 2.24) is 0 Å². The molecule has 0 bridgehead atoms. The third kappa shape index (κ3) is 4.15. The maximum absolute atomic E-state index is 12.5. The van der Waals surface area contributed by atoms with Crippen molar-refractivity contribution < 1.29 is 13.2 Å². The Bertz CT molecular complexity index is 414. The average Bonchev–Trinajstić information content (AvgIpc) is 3.07. The van der Waals surface area contributed by atoms with Gasteiger partial charge in [-0.25, -0.2) is 0 Å². The van der Waals surface area contributed by atoms with Gasteiger partial charge in [-0.15, -0.1) is 0 Å². The van der Waals surface area contributed by atoms with Crippen LogP contribution >= 0.6 is 0 Å². The van der Waals surface area contributed by atoms with E-state index in [0.29, 0.717) is 5.69 Å². The lowest BCUT2D eigenvalue weighted by molar-refractivity contribution is -0.137. The highest BCUT2D eigenvalue weighted by atomic mass is 19.4. The summed E-state index contributed by atoms with van der Waals surface area (Å²) in [5.74, 6) is 1.63. The third-order valence-electron chi connectivity index (χ3n) is 3.76. The Balaban J connectivity index is 1.77. The van der Waals surface area contributed by atoms with Gasteiger partial charge in [0, 0.05) is 12.2 Å². The zero-order chi connectivity index (χ0) is 13.9. The minimum Gasteiger partial charge on any atom is -0.385 e. The second kappa shape index (κ2) is 5.85. The van der Waals surface area contributed by atoms with E-state index in [4.69, 9.17) is 0 Å². The van der Waals surface area contributed by atoms with Crippen molar-refractivity contribution in [3.8, 4) is 0 Å². The van der Waals surface area contributed by atoms with E-state index in [1.807, 2.05) is 0 Å². The molecular formula is C15H20F3N. The molecule has 1 aromatic rings. The average molecular weight is 271 g/mol. The molecule has 2 atom stereocenters. The van der Waals surface area contributed by atoms with Gasteiger partial charge in [0.2, 0.25) is 0 Å². The molecule has 19 heavy (non-hydrogen) atoms. The van der Waals surface area contributed by atoms with Crippen molar-refractivity contribution >= 4 is 5.69 Å². The Morgan fingerprint density at radius 2 is 1.95 bits per heavy atom. The molecule has 1 aromatic carbocycles. The molecule has 1 saturated carbocycles. The number of hydrogen-bond acceptors (Lipinski definition) is 1. The predicted molar refractivity (Wildman–Crippen MR) is 71.1 cm³/mol. The lowest BCUT2D eigenvalue weighted by Gasteiger charge is -2.10. The lowest BCUT2D eigenvalue weighted by Crippen LogP contribution is -2.07. The van der Waals surface area contributed by atoms with Gasteiger partial charge in [-0.3, -0.25) is 0 Å². The van der Waals surface area contributed by atoms with Crippen LogP contribution in [0.4, 0.5) is 18.9 Å². The SMILES string of the molecule is CCCC1CC1CCNc1cccc(C(F)(F)F)c1. The molecule has 106 valence electrons. The van der Waals surface area contributed by atoms with Crippen LogP contribution in [0.5, 0.6) is 0 Å². The Morgan fingerprint density at radius 3 is 2.63 bits per heavy atom. The van der Waals surface area contributed by atoms with Crippen molar-refractivity contribution in [2.45, 2.75) is 38.8 Å². The highest BCUT2D eigenvalue weighted by Gasteiger charge is 2.35. The fourth-order valence-electron chi connectivity index (χ4n) is 2.60. The molecule has 0 heterocycles. The van der Waals surface area contributed by atoms with Gasteiger partial charge >= 0.3 is 6.18 Å². The van der Waals surface area contributed by atoms with E-state index in [0.717, 1.165) is 30.9 Å². The highest BCUT2D eigenvalue weighted by molar-refractivity contribution is 5.46. The van der Waals surface area contributed by atoms with Crippen LogP contribution in [0, 0.1) is 11.8 Å². The number of anilines is 1. The van der Waals surface area contributed by atoms with E-state index in [9.17, 15) is 13.2 Å². The molecule has 1 nitrogen and oxygen atoms in total. The molecule has 1 aliphatic carbocycles. The Hall–Kier alpha value is -1.19. The molecule has 1 aliphatic rings. The van der Waals surface area contributed by atoms with Gasteiger partial charge < -0.3 is 5.32 Å². The molecule has 2 rings (SSSR count). The normalized spacial score (nSPS) is 22.3. The number of nitrogens with one attached hydrogen (secondary N) is 1. The Morgan fingerprint density at radius 1 is 1.21 bits per heavy atom. The summed E-state index contributed by atoms with van der Waals surface area (Å²) in [6.07, 6.45) is 0.593. The van der Waals surface area contributed by atoms with E-state index in [2.05, 4.69) is 12.2 Å². The van der Waals surface area contributed by atoms with E-state index in [-0.39, 0.29) is 0 Å². The summed E-state index contributed by atoms with van der Waals surface area (Å²) in [6.45, 7) is 2.95. The van der Waals surface area contributed by atoms with E-state index < -0.39 is 11.7 Å². The standard InChI is InChI=1S/C15H20F3N/c1-2-4-11-9-12(11)7-8-19-14-6-3-5-13(10-14)15(16,17)18/h3,5-6,10-12,19H,2,4,7-9H2,1H3. The van der Waals surface area contributed by atoms with Gasteiger partial charge in [0.25, 0.3) is 0 Å². The zero-order valence-corrected chi connectivity index (χ0v) is 11.1. The van der Waals surface area contributed by atoms with Crippen molar-refractivity contribution in [2.24, 2.45) is 11.8 Å². The van der Waals surface area contributed by atoms with E-state index in [1.54, 1.807) is 6.07 Å². The van der Waals surface area contributed by atoms with Gasteiger partial charge in [-0.05, 0) is 42.9 Å². The summed E-state index contributed by atoms with van der Waals surface area (Å²) in [7, 11) is 0. The van der Waals surface area contributed by atoms with Gasteiger partial charge in [0.15, 0.2) is 0 Å². The fourth-order valence-corrected chi connectivity index (χ4v) is 2.60. The predicted octanol–water partition coefficient (Wildman–Crippen LogP) is 4.94. The van der Waals surface area contributed by atoms with Crippen LogP contribution < -0.4 is 5.32 Å². The van der Waals surface area contributed by atoms with Crippen molar-refractivity contribution in [3.63, 3.8) is 0 Å². The smallest absolute Gasteiger partial charge is 0.385 e. The third-order valence-corrected chi connectivity index (χ3v) is 3.76. The first-order valence-electron chi connectivity index (χ1n) is 6.92. The minimum atomic E-state index is -4.26. The van der Waals surface area contributed by atoms with Crippen molar-refractivity contribution in [2.75, 3.05) is 11.9 Å². The number of alkyl halides is 3. The molecule has 0 saturated heterocycles. The van der Waals surface area contributed by atoms with Crippen LogP contribution in [0.15, 0.2) is 24.3 Å². The minimum absolute atomic E-state index is 0.558. The first kappa shape index (κ1) is 14.2. The number of rotatable bonds is 6. The van der Waals surface area contributed by atoms with Crippen LogP contribution in [0.3, 0.4) is 0 Å². The van der Waals surface area contributed by atoms with Crippen LogP contribution in [0.1, 0.15) is 38.2 Å². The fraction of sp³-hybridized carbons (Fsp3) is 0.600. The van der Waals surface area contributed by atoms with Crippen LogP contribution in [-0.4, -0.2) is 6.54 Å². The van der Waals surface area contributed by atoms with Gasteiger partial charge in [0.05, 0.1) is 5.56 Å². The second-order valence-electron chi connectivity index (χ2n) is 5.34. The maximum Gasteiger partial charge on any atom is 0.416 e. The van der Waals surface area contributed by atoms with Crippen molar-refractivity contribution in [1.29, 1.82) is 0 Å². The molecule has 4 heteroatoms. The van der Waals surface area contributed by atoms with Gasteiger partial charge in [0.1, 0.15) is 0 Å². The van der Waals surface area contributed by atoms with Gasteiger partial charge in [-0.2, -0.15) is 13.2 Å². The largest absolute Gasteiger partial charge is 0.416 e. The molecule has 1 N–H and O–H groups in total. The summed E-state index contributed by atoms with van der Waals surface area (Å²) in [5, 5.41) is 3.09. The molecule has 0 aromatic heterocycles. The number of hydrogen-bond donors (Lipinski definition) is 1. The molecule has 2 unspecified atom stereocenters. The topological polar surface area (TPSA) is 12.0 Å². The Kier molecular flexibility index (Phi) is 4.38. The lowest BCUT2D eigenvalue weighted by atomic mass is 10.1. The molecule has 0 amide bonds. The van der Waals surface area contributed by atoms with E-state index >= 15 is 0 Å². The van der Waals surface area contributed by atoms with Crippen molar-refractivity contribution in [3.05, 3.63) is 29.8 Å². The number of benzene rings is 1. The zero-order valence-electron chi connectivity index (χ0n) is 11.1. The Labute approximate surface area is 112 Å².